The second-order valence-corrected chi connectivity index (χ2v) is 7.19. The number of carbonyl (C=O) groups excluding carboxylic acids is 1. The molecule has 0 fully saturated rings. The van der Waals surface area contributed by atoms with Gasteiger partial charge in [-0.15, -0.1) is 0 Å². The van der Waals surface area contributed by atoms with Gasteiger partial charge in [0.1, 0.15) is 0 Å². The van der Waals surface area contributed by atoms with Gasteiger partial charge < -0.3 is 10.4 Å². The van der Waals surface area contributed by atoms with E-state index in [0.717, 1.165) is 5.56 Å². The molecule has 3 N–H and O–H groups in total. The van der Waals surface area contributed by atoms with Crippen molar-refractivity contribution in [3.8, 4) is 0 Å². The first-order valence-electron chi connectivity index (χ1n) is 7.16. The number of hydrogen-bond acceptors (Lipinski definition) is 4. The molecule has 0 aliphatic rings. The number of benzene rings is 2. The Morgan fingerprint density at radius 1 is 1.00 bits per heavy atom. The summed E-state index contributed by atoms with van der Waals surface area (Å²) in [5.41, 5.74) is 1.29. The minimum atomic E-state index is -4.08. The quantitative estimate of drug-likeness (QED) is 0.709. The largest absolute Gasteiger partial charge is 0.464 e. The fourth-order valence-electron chi connectivity index (χ4n) is 2.03. The predicted octanol–water partition coefficient (Wildman–Crippen LogP) is 2.27. The summed E-state index contributed by atoms with van der Waals surface area (Å²) in [4.78, 5) is 22.2. The van der Waals surface area contributed by atoms with Crippen molar-refractivity contribution in [2.75, 3.05) is 6.54 Å². The molecule has 0 aromatic heterocycles. The summed E-state index contributed by atoms with van der Waals surface area (Å²) in [5.74, 6) is -0.235. The number of halogens is 1. The lowest BCUT2D eigenvalue weighted by Crippen LogP contribution is -2.28. The van der Waals surface area contributed by atoms with E-state index in [2.05, 4.69) is 5.32 Å². The van der Waals surface area contributed by atoms with Crippen LogP contribution in [-0.4, -0.2) is 32.1 Å². The van der Waals surface area contributed by atoms with Crippen LogP contribution in [-0.2, 0) is 16.4 Å². The molecule has 9 heteroatoms. The van der Waals surface area contributed by atoms with Gasteiger partial charge in [-0.1, -0.05) is 23.7 Å². The molecule has 0 bridgehead atoms. The molecule has 2 rings (SSSR count). The van der Waals surface area contributed by atoms with Crippen molar-refractivity contribution in [2.45, 2.75) is 11.3 Å². The molecule has 25 heavy (non-hydrogen) atoms. The van der Waals surface area contributed by atoms with E-state index < -0.39 is 16.1 Å². The van der Waals surface area contributed by atoms with Gasteiger partial charge in [-0.05, 0) is 48.4 Å². The first-order valence-corrected chi connectivity index (χ1v) is 9.02. The van der Waals surface area contributed by atoms with Gasteiger partial charge in [-0.25, -0.2) is 17.9 Å². The van der Waals surface area contributed by atoms with Crippen molar-refractivity contribution in [1.82, 2.24) is 10.0 Å². The molecule has 0 spiro atoms. The minimum absolute atomic E-state index is 0.149. The molecule has 0 unspecified atom stereocenters. The zero-order valence-electron chi connectivity index (χ0n) is 12.9. The molecule has 132 valence electrons. The zero-order chi connectivity index (χ0) is 18.4. The highest BCUT2D eigenvalue weighted by atomic mass is 35.5. The maximum absolute atomic E-state index is 11.9. The van der Waals surface area contributed by atoms with Gasteiger partial charge >= 0.3 is 6.09 Å². The molecular formula is C16H15ClN2O5S. The molecule has 0 aliphatic carbocycles. The third kappa shape index (κ3) is 5.47. The van der Waals surface area contributed by atoms with E-state index in [4.69, 9.17) is 16.7 Å². The molecule has 0 heterocycles. The second-order valence-electron chi connectivity index (χ2n) is 5.07. The molecule has 2 aromatic carbocycles. The van der Waals surface area contributed by atoms with Gasteiger partial charge in [0.05, 0.1) is 4.90 Å². The van der Waals surface area contributed by atoms with Crippen LogP contribution < -0.4 is 10.0 Å². The summed E-state index contributed by atoms with van der Waals surface area (Å²) in [6.45, 7) is 0.362. The maximum atomic E-state index is 11.9. The van der Waals surface area contributed by atoms with E-state index in [1.165, 1.54) is 16.9 Å². The minimum Gasteiger partial charge on any atom is -0.464 e. The van der Waals surface area contributed by atoms with Crippen molar-refractivity contribution < 1.29 is 23.1 Å². The van der Waals surface area contributed by atoms with E-state index in [1.807, 2.05) is 0 Å². The van der Waals surface area contributed by atoms with Crippen LogP contribution in [0.25, 0.3) is 0 Å². The molecule has 0 radical (unpaired) electrons. The number of carboxylic acid groups (broad SMARTS) is 1. The van der Waals surface area contributed by atoms with Crippen molar-refractivity contribution >= 4 is 33.6 Å². The van der Waals surface area contributed by atoms with Crippen LogP contribution in [0.3, 0.4) is 0 Å². The molecule has 0 atom stereocenters. The Kier molecular flexibility index (Phi) is 6.00. The fraction of sp³-hybridized carbons (Fsp3) is 0.125. The first kappa shape index (κ1) is 18.8. The van der Waals surface area contributed by atoms with E-state index in [0.29, 0.717) is 23.6 Å². The van der Waals surface area contributed by atoms with E-state index in [-0.39, 0.29) is 10.8 Å². The topological polar surface area (TPSA) is 113 Å². The van der Waals surface area contributed by atoms with Crippen LogP contribution in [0.2, 0.25) is 5.02 Å². The monoisotopic (exact) mass is 382 g/mol. The highest BCUT2D eigenvalue weighted by Gasteiger charge is 2.16. The summed E-state index contributed by atoms with van der Waals surface area (Å²) < 4.78 is 24.8. The lowest BCUT2D eigenvalue weighted by atomic mass is 10.1. The van der Waals surface area contributed by atoms with Crippen molar-refractivity contribution in [3.63, 3.8) is 0 Å². The third-order valence-corrected chi connectivity index (χ3v) is 4.85. The van der Waals surface area contributed by atoms with Crippen LogP contribution in [0.1, 0.15) is 15.9 Å². The Morgan fingerprint density at radius 2 is 1.60 bits per heavy atom. The SMILES string of the molecule is O=C(O)NS(=O)(=O)c1ccc(CCNC(=O)c2ccc(Cl)cc2)cc1. The summed E-state index contributed by atoms with van der Waals surface area (Å²) in [6.07, 6.45) is -1.15. The van der Waals surface area contributed by atoms with Crippen LogP contribution in [0.4, 0.5) is 4.79 Å². The normalized spacial score (nSPS) is 10.9. The molecular weight excluding hydrogens is 368 g/mol. The smallest absolute Gasteiger partial charge is 0.418 e. The average molecular weight is 383 g/mol. The summed E-state index contributed by atoms with van der Waals surface area (Å²) in [7, 11) is -4.08. The highest BCUT2D eigenvalue weighted by molar-refractivity contribution is 7.90. The predicted molar refractivity (Wildman–Crippen MR) is 92.3 cm³/mol. The van der Waals surface area contributed by atoms with Gasteiger partial charge in [0.15, 0.2) is 0 Å². The summed E-state index contributed by atoms with van der Waals surface area (Å²) in [5, 5.41) is 11.8. The van der Waals surface area contributed by atoms with E-state index >= 15 is 0 Å². The summed E-state index contributed by atoms with van der Waals surface area (Å²) in [6, 6.07) is 12.2. The van der Waals surface area contributed by atoms with E-state index in [1.54, 1.807) is 36.4 Å². The summed E-state index contributed by atoms with van der Waals surface area (Å²) >= 11 is 5.76. The van der Waals surface area contributed by atoms with Crippen molar-refractivity contribution in [3.05, 3.63) is 64.7 Å². The molecule has 0 saturated carbocycles. The van der Waals surface area contributed by atoms with Gasteiger partial charge in [0.2, 0.25) is 0 Å². The number of carbonyl (C=O) groups is 2. The third-order valence-electron chi connectivity index (χ3n) is 3.26. The number of hydrogen-bond donors (Lipinski definition) is 3. The lowest BCUT2D eigenvalue weighted by molar-refractivity contribution is 0.0954. The Morgan fingerprint density at radius 3 is 2.16 bits per heavy atom. The molecule has 0 aliphatic heterocycles. The Labute approximate surface area is 149 Å². The maximum Gasteiger partial charge on any atom is 0.418 e. The van der Waals surface area contributed by atoms with E-state index in [9.17, 15) is 18.0 Å². The average Bonchev–Trinajstić information content (AvgIpc) is 2.54. The Bertz CT molecular complexity index is 864. The molecule has 0 saturated heterocycles. The molecule has 2 amide bonds. The molecule has 2 aromatic rings. The van der Waals surface area contributed by atoms with Crippen LogP contribution >= 0.6 is 11.6 Å². The van der Waals surface area contributed by atoms with Crippen LogP contribution in [0.5, 0.6) is 0 Å². The first-order chi connectivity index (χ1) is 11.8. The zero-order valence-corrected chi connectivity index (χ0v) is 14.5. The number of sulfonamides is 1. The van der Waals surface area contributed by atoms with Crippen molar-refractivity contribution in [2.24, 2.45) is 0 Å². The number of rotatable bonds is 6. The Hall–Kier alpha value is -2.58. The van der Waals surface area contributed by atoms with Crippen molar-refractivity contribution in [1.29, 1.82) is 0 Å². The second kappa shape index (κ2) is 8.00. The fourth-order valence-corrected chi connectivity index (χ4v) is 3.00. The highest BCUT2D eigenvalue weighted by Crippen LogP contribution is 2.11. The van der Waals surface area contributed by atoms with Gasteiger partial charge in [0.25, 0.3) is 15.9 Å². The van der Waals surface area contributed by atoms with Gasteiger partial charge in [0, 0.05) is 17.1 Å². The Balaban J connectivity index is 1.90. The standard InChI is InChI=1S/C16H15ClN2O5S/c17-13-5-3-12(4-6-13)15(20)18-10-9-11-1-7-14(8-2-11)25(23,24)19-16(21)22/h1-8,19H,9-10H2,(H,18,20)(H,21,22). The van der Waals surface area contributed by atoms with Crippen LogP contribution in [0, 0.1) is 0 Å². The van der Waals surface area contributed by atoms with Gasteiger partial charge in [-0.3, -0.25) is 4.79 Å². The lowest BCUT2D eigenvalue weighted by Gasteiger charge is -2.07. The molecule has 7 nitrogen and oxygen atoms in total. The number of amides is 2. The van der Waals surface area contributed by atoms with Gasteiger partial charge in [-0.2, -0.15) is 0 Å². The number of nitrogens with one attached hydrogen (secondary N) is 2. The van der Waals surface area contributed by atoms with Crippen LogP contribution in [0.15, 0.2) is 53.4 Å².